The minimum atomic E-state index is -4.12. The number of nitrogens with one attached hydrogen (secondary N) is 1. The molecule has 0 bridgehead atoms. The Morgan fingerprint density at radius 3 is 2.19 bits per heavy atom. The van der Waals surface area contributed by atoms with Crippen molar-refractivity contribution in [3.8, 4) is 0 Å². The van der Waals surface area contributed by atoms with Gasteiger partial charge in [0.15, 0.2) is 0 Å². The molecule has 0 saturated heterocycles. The van der Waals surface area contributed by atoms with E-state index in [-0.39, 0.29) is 6.04 Å². The molecule has 0 heterocycles. The van der Waals surface area contributed by atoms with Gasteiger partial charge in [0.05, 0.1) is 6.54 Å². The molecule has 1 fully saturated rings. The Morgan fingerprint density at radius 1 is 1.14 bits per heavy atom. The van der Waals surface area contributed by atoms with Crippen LogP contribution in [0.25, 0.3) is 0 Å². The zero-order valence-corrected chi connectivity index (χ0v) is 14.0. The molecule has 0 spiro atoms. The van der Waals surface area contributed by atoms with Gasteiger partial charge < -0.3 is 5.32 Å². The fourth-order valence-corrected chi connectivity index (χ4v) is 3.48. The summed E-state index contributed by atoms with van der Waals surface area (Å²) in [5, 5.41) is 3.31. The number of hydrogen-bond acceptors (Lipinski definition) is 2. The largest absolute Gasteiger partial charge is 0.401 e. The van der Waals surface area contributed by atoms with Gasteiger partial charge in [0, 0.05) is 18.6 Å². The molecule has 126 valence electrons. The highest BCUT2D eigenvalue weighted by Crippen LogP contribution is 2.35. The third-order valence-electron chi connectivity index (χ3n) is 4.92. The Hall–Kier alpha value is -0.290. The third-order valence-corrected chi connectivity index (χ3v) is 4.92. The van der Waals surface area contributed by atoms with Crippen molar-refractivity contribution in [1.82, 2.24) is 10.2 Å². The number of hydrogen-bond donors (Lipinski definition) is 1. The van der Waals surface area contributed by atoms with Crippen LogP contribution in [0.15, 0.2) is 0 Å². The van der Waals surface area contributed by atoms with E-state index in [1.807, 2.05) is 20.9 Å². The Balaban J connectivity index is 2.73. The summed E-state index contributed by atoms with van der Waals surface area (Å²) in [4.78, 5) is 1.58. The molecule has 0 aliphatic heterocycles. The van der Waals surface area contributed by atoms with Crippen LogP contribution in [0.5, 0.6) is 0 Å². The first-order valence-corrected chi connectivity index (χ1v) is 8.12. The molecule has 1 N–H and O–H groups in total. The van der Waals surface area contributed by atoms with Crippen molar-refractivity contribution < 1.29 is 13.2 Å². The molecule has 0 radical (unpaired) electrons. The Kier molecular flexibility index (Phi) is 6.98. The second kappa shape index (κ2) is 7.82. The molecular formula is C16H31F3N2. The van der Waals surface area contributed by atoms with E-state index in [1.165, 1.54) is 6.42 Å². The van der Waals surface area contributed by atoms with Gasteiger partial charge in [0.25, 0.3) is 0 Å². The summed E-state index contributed by atoms with van der Waals surface area (Å²) in [5.41, 5.74) is 0. The van der Waals surface area contributed by atoms with E-state index < -0.39 is 12.7 Å². The Bertz CT molecular complexity index is 302. The van der Waals surface area contributed by atoms with Gasteiger partial charge in [-0.05, 0) is 57.9 Å². The SMILES string of the molecule is CNC1CCC(C(C)C)CC1CN(CC(F)(F)F)C(C)C. The standard InChI is InChI=1S/C16H31F3N2/c1-11(2)13-6-7-15(20-5)14(8-13)9-21(12(3)4)10-16(17,18)19/h11-15,20H,6-10H2,1-5H3. The van der Waals surface area contributed by atoms with Crippen LogP contribution >= 0.6 is 0 Å². The molecule has 5 heteroatoms. The van der Waals surface area contributed by atoms with Crippen LogP contribution in [-0.4, -0.2) is 43.3 Å². The van der Waals surface area contributed by atoms with Gasteiger partial charge in [-0.2, -0.15) is 13.2 Å². The lowest BCUT2D eigenvalue weighted by atomic mass is 9.73. The van der Waals surface area contributed by atoms with E-state index >= 15 is 0 Å². The summed E-state index contributed by atoms with van der Waals surface area (Å²) in [6.07, 6.45) is -0.835. The second-order valence-electron chi connectivity index (χ2n) is 7.11. The summed E-state index contributed by atoms with van der Waals surface area (Å²) in [5.74, 6) is 1.56. The highest BCUT2D eigenvalue weighted by Gasteiger charge is 2.36. The van der Waals surface area contributed by atoms with E-state index in [9.17, 15) is 13.2 Å². The maximum Gasteiger partial charge on any atom is 0.401 e. The Morgan fingerprint density at radius 2 is 1.76 bits per heavy atom. The van der Waals surface area contributed by atoms with Crippen molar-refractivity contribution in [2.24, 2.45) is 17.8 Å². The Labute approximate surface area is 127 Å². The molecule has 0 aromatic heterocycles. The maximum atomic E-state index is 12.7. The van der Waals surface area contributed by atoms with E-state index in [0.717, 1.165) is 12.8 Å². The summed E-state index contributed by atoms with van der Waals surface area (Å²) in [7, 11) is 1.93. The summed E-state index contributed by atoms with van der Waals surface area (Å²) < 4.78 is 38.2. The van der Waals surface area contributed by atoms with Gasteiger partial charge in [-0.3, -0.25) is 4.90 Å². The molecule has 21 heavy (non-hydrogen) atoms. The zero-order chi connectivity index (χ0) is 16.2. The highest BCUT2D eigenvalue weighted by molar-refractivity contribution is 4.87. The maximum absolute atomic E-state index is 12.7. The molecule has 3 unspecified atom stereocenters. The van der Waals surface area contributed by atoms with Gasteiger partial charge in [-0.15, -0.1) is 0 Å². The van der Waals surface area contributed by atoms with Crippen LogP contribution < -0.4 is 5.32 Å². The first kappa shape index (κ1) is 18.8. The number of rotatable bonds is 6. The van der Waals surface area contributed by atoms with Crippen LogP contribution in [0.1, 0.15) is 47.0 Å². The van der Waals surface area contributed by atoms with Crippen LogP contribution in [0.4, 0.5) is 13.2 Å². The lowest BCUT2D eigenvalue weighted by molar-refractivity contribution is -0.151. The van der Waals surface area contributed by atoms with Gasteiger partial charge in [0.2, 0.25) is 0 Å². The number of alkyl halides is 3. The van der Waals surface area contributed by atoms with Crippen molar-refractivity contribution in [1.29, 1.82) is 0 Å². The lowest BCUT2D eigenvalue weighted by Gasteiger charge is -2.41. The quantitative estimate of drug-likeness (QED) is 0.800. The predicted molar refractivity (Wildman–Crippen MR) is 81.3 cm³/mol. The van der Waals surface area contributed by atoms with Crippen molar-refractivity contribution >= 4 is 0 Å². The average molecular weight is 308 g/mol. The third kappa shape index (κ3) is 6.15. The van der Waals surface area contributed by atoms with Crippen LogP contribution in [0.3, 0.4) is 0 Å². The van der Waals surface area contributed by atoms with Crippen LogP contribution in [0.2, 0.25) is 0 Å². The van der Waals surface area contributed by atoms with Crippen molar-refractivity contribution in [3.05, 3.63) is 0 Å². The van der Waals surface area contributed by atoms with Gasteiger partial charge >= 0.3 is 6.18 Å². The first-order chi connectivity index (χ1) is 9.64. The monoisotopic (exact) mass is 308 g/mol. The zero-order valence-electron chi connectivity index (χ0n) is 14.0. The molecular weight excluding hydrogens is 277 g/mol. The molecule has 1 aliphatic rings. The normalized spacial score (nSPS) is 27.9. The minimum Gasteiger partial charge on any atom is -0.317 e. The topological polar surface area (TPSA) is 15.3 Å². The second-order valence-corrected chi connectivity index (χ2v) is 7.11. The lowest BCUT2D eigenvalue weighted by Crippen LogP contribution is -2.49. The molecule has 1 saturated carbocycles. The molecule has 0 aromatic rings. The van der Waals surface area contributed by atoms with E-state index in [0.29, 0.717) is 30.3 Å². The fourth-order valence-electron chi connectivity index (χ4n) is 3.48. The van der Waals surface area contributed by atoms with E-state index in [1.54, 1.807) is 4.90 Å². The van der Waals surface area contributed by atoms with Gasteiger partial charge in [-0.1, -0.05) is 13.8 Å². The first-order valence-electron chi connectivity index (χ1n) is 8.12. The van der Waals surface area contributed by atoms with Crippen LogP contribution in [-0.2, 0) is 0 Å². The highest BCUT2D eigenvalue weighted by atomic mass is 19.4. The van der Waals surface area contributed by atoms with Crippen LogP contribution in [0, 0.1) is 17.8 Å². The molecule has 0 aromatic carbocycles. The number of nitrogens with zero attached hydrogens (tertiary/aromatic N) is 1. The van der Waals surface area contributed by atoms with Gasteiger partial charge in [0.1, 0.15) is 0 Å². The predicted octanol–water partition coefficient (Wildman–Crippen LogP) is 3.92. The van der Waals surface area contributed by atoms with Crippen molar-refractivity contribution in [3.63, 3.8) is 0 Å². The fraction of sp³-hybridized carbons (Fsp3) is 1.00. The van der Waals surface area contributed by atoms with E-state index in [2.05, 4.69) is 19.2 Å². The smallest absolute Gasteiger partial charge is 0.317 e. The van der Waals surface area contributed by atoms with E-state index in [4.69, 9.17) is 0 Å². The minimum absolute atomic E-state index is 0.0800. The van der Waals surface area contributed by atoms with Gasteiger partial charge in [-0.25, -0.2) is 0 Å². The van der Waals surface area contributed by atoms with Crippen molar-refractivity contribution in [2.45, 2.75) is 65.2 Å². The molecule has 2 nitrogen and oxygen atoms in total. The molecule has 0 amide bonds. The molecule has 1 aliphatic carbocycles. The van der Waals surface area contributed by atoms with Crippen molar-refractivity contribution in [2.75, 3.05) is 20.1 Å². The average Bonchev–Trinajstić information content (AvgIpc) is 2.36. The molecule has 1 rings (SSSR count). The number of halogens is 3. The summed E-state index contributed by atoms with van der Waals surface area (Å²) >= 11 is 0. The summed E-state index contributed by atoms with van der Waals surface area (Å²) in [6.45, 7) is 7.87. The summed E-state index contributed by atoms with van der Waals surface area (Å²) in [6, 6.07) is 0.262. The molecule has 3 atom stereocenters.